The highest BCUT2D eigenvalue weighted by Crippen LogP contribution is 2.38. The Hall–Kier alpha value is -1.86. The Labute approximate surface area is 122 Å². The van der Waals surface area contributed by atoms with E-state index in [-0.39, 0.29) is 12.5 Å². The lowest BCUT2D eigenvalue weighted by Gasteiger charge is -2.19. The van der Waals surface area contributed by atoms with Gasteiger partial charge in [-0.2, -0.15) is 5.06 Å². The van der Waals surface area contributed by atoms with Gasteiger partial charge in [-0.1, -0.05) is 22.0 Å². The molecule has 0 saturated heterocycles. The van der Waals surface area contributed by atoms with E-state index in [0.717, 1.165) is 20.4 Å². The van der Waals surface area contributed by atoms with Crippen LogP contribution in [0, 0.1) is 0 Å². The number of halogens is 1. The number of carbonyl (C=O) groups excluding carboxylic acids is 1. The molecule has 20 heavy (non-hydrogen) atoms. The number of hydroxylamine groups is 2. The molecule has 1 aliphatic rings. The molecule has 3 rings (SSSR count). The highest BCUT2D eigenvalue weighted by molar-refractivity contribution is 9.10. The summed E-state index contributed by atoms with van der Waals surface area (Å²) in [5.74, 6) is -0.984. The number of aromatic nitrogens is 1. The fourth-order valence-electron chi connectivity index (χ4n) is 2.58. The third-order valence-corrected chi connectivity index (χ3v) is 4.08. The second-order valence-electron chi connectivity index (χ2n) is 4.48. The molecule has 0 spiro atoms. The maximum atomic E-state index is 12.4. The van der Waals surface area contributed by atoms with Crippen LogP contribution in [0.1, 0.15) is 18.2 Å². The topological polar surface area (TPSA) is 71.8 Å². The van der Waals surface area contributed by atoms with Gasteiger partial charge in [-0.15, -0.1) is 0 Å². The van der Waals surface area contributed by atoms with Gasteiger partial charge in [0.15, 0.2) is 0 Å². The van der Waals surface area contributed by atoms with Crippen molar-refractivity contribution in [1.29, 1.82) is 0 Å². The highest BCUT2D eigenvalue weighted by Gasteiger charge is 2.40. The first-order valence-electron chi connectivity index (χ1n) is 5.94. The Morgan fingerprint density at radius 2 is 2.25 bits per heavy atom. The van der Waals surface area contributed by atoms with Crippen molar-refractivity contribution in [2.75, 3.05) is 7.11 Å². The Balaban J connectivity index is 2.22. The van der Waals surface area contributed by atoms with Crippen LogP contribution in [-0.4, -0.2) is 33.8 Å². The molecule has 1 aliphatic heterocycles. The van der Waals surface area contributed by atoms with Gasteiger partial charge in [0.1, 0.15) is 6.04 Å². The van der Waals surface area contributed by atoms with Crippen molar-refractivity contribution in [3.8, 4) is 0 Å². The fraction of sp³-hybridized carbons (Fsp3) is 0.231. The van der Waals surface area contributed by atoms with Gasteiger partial charge in [0.05, 0.1) is 24.7 Å². The van der Waals surface area contributed by atoms with Gasteiger partial charge in [-0.05, 0) is 18.2 Å². The van der Waals surface area contributed by atoms with Crippen LogP contribution in [0.3, 0.4) is 0 Å². The molecule has 1 atom stereocenters. The lowest BCUT2D eigenvalue weighted by Crippen LogP contribution is -2.29. The summed E-state index contributed by atoms with van der Waals surface area (Å²) in [6, 6.07) is 6.35. The third-order valence-electron chi connectivity index (χ3n) is 3.39. The molecule has 1 unspecified atom stereocenters. The van der Waals surface area contributed by atoms with Crippen LogP contribution >= 0.6 is 15.9 Å². The van der Waals surface area contributed by atoms with Gasteiger partial charge in [0, 0.05) is 9.86 Å². The Morgan fingerprint density at radius 1 is 1.50 bits per heavy atom. The number of amides is 1. The molecule has 2 aromatic rings. The van der Waals surface area contributed by atoms with Crippen molar-refractivity contribution in [3.05, 3.63) is 34.4 Å². The molecule has 6 nitrogen and oxygen atoms in total. The van der Waals surface area contributed by atoms with Crippen LogP contribution in [0.25, 0.3) is 10.9 Å². The van der Waals surface area contributed by atoms with Crippen molar-refractivity contribution >= 4 is 38.8 Å². The molecular formula is C13H11BrN2O4. The molecule has 7 heteroatoms. The molecule has 1 aromatic heterocycles. The lowest BCUT2D eigenvalue weighted by molar-refractivity contribution is -0.146. The van der Waals surface area contributed by atoms with Gasteiger partial charge in [0.2, 0.25) is 0 Å². The summed E-state index contributed by atoms with van der Waals surface area (Å²) in [7, 11) is 1.36. The van der Waals surface area contributed by atoms with Crippen molar-refractivity contribution in [1.82, 2.24) is 9.63 Å². The second kappa shape index (κ2) is 4.60. The number of benzene rings is 1. The molecule has 1 N–H and O–H groups in total. The largest absolute Gasteiger partial charge is 0.481 e. The zero-order valence-electron chi connectivity index (χ0n) is 10.5. The minimum absolute atomic E-state index is 0.201. The first-order chi connectivity index (χ1) is 9.54. The van der Waals surface area contributed by atoms with E-state index in [1.807, 2.05) is 24.3 Å². The van der Waals surface area contributed by atoms with E-state index in [0.29, 0.717) is 5.69 Å². The summed E-state index contributed by atoms with van der Waals surface area (Å²) in [5, 5.41) is 11.0. The average Bonchev–Trinajstić information content (AvgIpc) is 2.88. The number of carboxylic acid groups (broad SMARTS) is 1. The molecule has 2 heterocycles. The number of carboxylic acids is 1. The normalized spacial score (nSPS) is 17.8. The molecule has 1 amide bonds. The maximum absolute atomic E-state index is 12.4. The standard InChI is InChI=1S/C13H11BrN2O4/c1-20-16-11(6-12(17)18)10-5-7-8(14)3-2-4-9(7)15(10)13(16)19/h2-5,11H,6H2,1H3,(H,17,18). The second-order valence-corrected chi connectivity index (χ2v) is 5.34. The molecule has 104 valence electrons. The number of rotatable bonds is 3. The van der Waals surface area contributed by atoms with Crippen LogP contribution in [0.15, 0.2) is 28.7 Å². The maximum Gasteiger partial charge on any atom is 0.353 e. The van der Waals surface area contributed by atoms with Gasteiger partial charge >= 0.3 is 12.0 Å². The van der Waals surface area contributed by atoms with Crippen molar-refractivity contribution < 1.29 is 19.5 Å². The summed E-state index contributed by atoms with van der Waals surface area (Å²) in [4.78, 5) is 28.4. The van der Waals surface area contributed by atoms with Gasteiger partial charge in [-0.3, -0.25) is 14.2 Å². The number of nitrogens with zero attached hydrogens (tertiary/aromatic N) is 2. The predicted octanol–water partition coefficient (Wildman–Crippen LogP) is 2.76. The smallest absolute Gasteiger partial charge is 0.353 e. The molecule has 0 radical (unpaired) electrons. The summed E-state index contributed by atoms with van der Waals surface area (Å²) in [5.41, 5.74) is 1.36. The number of fused-ring (bicyclic) bond motifs is 3. The third kappa shape index (κ3) is 1.74. The number of hydrogen-bond acceptors (Lipinski definition) is 3. The van der Waals surface area contributed by atoms with Crippen LogP contribution in [0.2, 0.25) is 0 Å². The monoisotopic (exact) mass is 338 g/mol. The zero-order chi connectivity index (χ0) is 14.4. The van der Waals surface area contributed by atoms with E-state index in [1.54, 1.807) is 0 Å². The molecule has 0 bridgehead atoms. The first-order valence-corrected chi connectivity index (χ1v) is 6.73. The Morgan fingerprint density at radius 3 is 2.90 bits per heavy atom. The molecule has 0 fully saturated rings. The zero-order valence-corrected chi connectivity index (χ0v) is 12.1. The quantitative estimate of drug-likeness (QED) is 0.933. The van der Waals surface area contributed by atoms with Crippen molar-refractivity contribution in [2.45, 2.75) is 12.5 Å². The lowest BCUT2D eigenvalue weighted by atomic mass is 10.1. The van der Waals surface area contributed by atoms with E-state index in [9.17, 15) is 9.59 Å². The van der Waals surface area contributed by atoms with Gasteiger partial charge in [0.25, 0.3) is 0 Å². The number of carbonyl (C=O) groups is 2. The van der Waals surface area contributed by atoms with E-state index in [1.165, 1.54) is 11.7 Å². The summed E-state index contributed by atoms with van der Waals surface area (Å²) in [6.07, 6.45) is -0.201. The summed E-state index contributed by atoms with van der Waals surface area (Å²) >= 11 is 3.43. The summed E-state index contributed by atoms with van der Waals surface area (Å²) in [6.45, 7) is 0. The van der Waals surface area contributed by atoms with E-state index >= 15 is 0 Å². The minimum Gasteiger partial charge on any atom is -0.481 e. The van der Waals surface area contributed by atoms with E-state index in [2.05, 4.69) is 15.9 Å². The number of hydrogen-bond donors (Lipinski definition) is 1. The van der Waals surface area contributed by atoms with E-state index in [4.69, 9.17) is 9.94 Å². The first kappa shape index (κ1) is 13.1. The van der Waals surface area contributed by atoms with Crippen molar-refractivity contribution in [2.24, 2.45) is 0 Å². The van der Waals surface area contributed by atoms with Gasteiger partial charge < -0.3 is 5.11 Å². The SMILES string of the molecule is CON1C(=O)n2c(cc3c(Br)cccc32)C1CC(=O)O. The summed E-state index contributed by atoms with van der Waals surface area (Å²) < 4.78 is 2.36. The molecule has 1 aromatic carbocycles. The van der Waals surface area contributed by atoms with Gasteiger partial charge in [-0.25, -0.2) is 4.79 Å². The highest BCUT2D eigenvalue weighted by atomic mass is 79.9. The molecular weight excluding hydrogens is 328 g/mol. The molecule has 0 aliphatic carbocycles. The van der Waals surface area contributed by atoms with Crippen LogP contribution < -0.4 is 0 Å². The number of aliphatic carboxylic acids is 1. The van der Waals surface area contributed by atoms with Crippen molar-refractivity contribution in [3.63, 3.8) is 0 Å². The van der Waals surface area contributed by atoms with Crippen LogP contribution in [0.5, 0.6) is 0 Å². The van der Waals surface area contributed by atoms with Crippen LogP contribution in [-0.2, 0) is 9.63 Å². The van der Waals surface area contributed by atoms with E-state index < -0.39 is 12.0 Å². The fourth-order valence-corrected chi connectivity index (χ4v) is 3.05. The Kier molecular flexibility index (Phi) is 3.02. The van der Waals surface area contributed by atoms with Crippen LogP contribution in [0.4, 0.5) is 4.79 Å². The molecule has 0 saturated carbocycles. The predicted molar refractivity (Wildman–Crippen MR) is 74.3 cm³/mol. The Bertz CT molecular complexity index is 724. The average molecular weight is 339 g/mol. The minimum atomic E-state index is -0.984.